The highest BCUT2D eigenvalue weighted by Gasteiger charge is 2.19. The van der Waals surface area contributed by atoms with Crippen LogP contribution < -0.4 is 9.46 Å². The van der Waals surface area contributed by atoms with Crippen LogP contribution in [0.15, 0.2) is 88.8 Å². The van der Waals surface area contributed by atoms with Gasteiger partial charge in [0.05, 0.1) is 22.4 Å². The van der Waals surface area contributed by atoms with Gasteiger partial charge in [-0.3, -0.25) is 0 Å². The Bertz CT molecular complexity index is 1490. The fourth-order valence-electron chi connectivity index (χ4n) is 3.51. The van der Waals surface area contributed by atoms with Crippen LogP contribution in [0.1, 0.15) is 11.1 Å². The standard InChI is InChI=1S/C24H24N2O5S2/c1-18-3-9-23(10-4-18)33(29,30)26-16-14-20-6-5-19(17-24(20)26)13-15-25-32(27,28)22-11-7-21(31-2)8-12-22/h3-12,14,16-17,25H,13,15H2,1-2H3. The molecular formula is C24H24N2O5S2. The van der Waals surface area contributed by atoms with Gasteiger partial charge in [0.1, 0.15) is 5.75 Å². The van der Waals surface area contributed by atoms with Crippen molar-refractivity contribution in [2.24, 2.45) is 0 Å². The first-order chi connectivity index (χ1) is 15.7. The summed E-state index contributed by atoms with van der Waals surface area (Å²) in [6, 6.07) is 20.1. The molecule has 9 heteroatoms. The number of nitrogens with one attached hydrogen (secondary N) is 1. The molecule has 172 valence electrons. The van der Waals surface area contributed by atoms with Gasteiger partial charge in [-0.1, -0.05) is 29.8 Å². The molecule has 0 aliphatic rings. The van der Waals surface area contributed by atoms with Gasteiger partial charge in [-0.25, -0.2) is 25.5 Å². The summed E-state index contributed by atoms with van der Waals surface area (Å²) in [6.07, 6.45) is 1.94. The minimum Gasteiger partial charge on any atom is -0.497 e. The average molecular weight is 485 g/mol. The van der Waals surface area contributed by atoms with Crippen molar-refractivity contribution < 1.29 is 21.6 Å². The van der Waals surface area contributed by atoms with E-state index in [4.69, 9.17) is 4.74 Å². The van der Waals surface area contributed by atoms with Gasteiger partial charge in [-0.15, -0.1) is 0 Å². The number of sulfonamides is 1. The van der Waals surface area contributed by atoms with E-state index in [9.17, 15) is 16.8 Å². The molecular weight excluding hydrogens is 460 g/mol. The molecule has 4 rings (SSSR count). The lowest BCUT2D eigenvalue weighted by Crippen LogP contribution is -2.26. The highest BCUT2D eigenvalue weighted by molar-refractivity contribution is 7.90. The van der Waals surface area contributed by atoms with Crippen molar-refractivity contribution in [3.8, 4) is 5.75 Å². The third-order valence-electron chi connectivity index (χ3n) is 5.38. The Hall–Kier alpha value is -3.14. The Morgan fingerprint density at radius 2 is 1.52 bits per heavy atom. The lowest BCUT2D eigenvalue weighted by atomic mass is 10.1. The van der Waals surface area contributed by atoms with Crippen molar-refractivity contribution in [3.63, 3.8) is 0 Å². The predicted molar refractivity (Wildman–Crippen MR) is 128 cm³/mol. The van der Waals surface area contributed by atoms with Gasteiger partial charge in [0, 0.05) is 18.1 Å². The quantitative estimate of drug-likeness (QED) is 0.411. The lowest BCUT2D eigenvalue weighted by molar-refractivity contribution is 0.414. The monoisotopic (exact) mass is 484 g/mol. The van der Waals surface area contributed by atoms with Gasteiger partial charge in [-0.2, -0.15) is 0 Å². The van der Waals surface area contributed by atoms with Gasteiger partial charge >= 0.3 is 0 Å². The summed E-state index contributed by atoms with van der Waals surface area (Å²) in [7, 11) is -5.90. The minimum atomic E-state index is -3.75. The second kappa shape index (κ2) is 9.01. The van der Waals surface area contributed by atoms with E-state index < -0.39 is 20.0 Å². The minimum absolute atomic E-state index is 0.150. The molecule has 0 aliphatic heterocycles. The Balaban J connectivity index is 1.53. The lowest BCUT2D eigenvalue weighted by Gasteiger charge is -2.10. The molecule has 0 atom stereocenters. The van der Waals surface area contributed by atoms with E-state index in [1.165, 1.54) is 29.4 Å². The van der Waals surface area contributed by atoms with E-state index in [0.717, 1.165) is 16.5 Å². The number of aryl methyl sites for hydroxylation is 1. The van der Waals surface area contributed by atoms with E-state index in [2.05, 4.69) is 4.72 Å². The van der Waals surface area contributed by atoms with Crippen LogP contribution in [0.3, 0.4) is 0 Å². The zero-order chi connectivity index (χ0) is 23.6. The highest BCUT2D eigenvalue weighted by atomic mass is 32.2. The normalized spacial score (nSPS) is 12.2. The molecule has 0 aliphatic carbocycles. The SMILES string of the molecule is COc1ccc(S(=O)(=O)NCCc2ccc3ccn(S(=O)(=O)c4ccc(C)cc4)c3c2)cc1. The molecule has 0 fully saturated rings. The largest absolute Gasteiger partial charge is 0.497 e. The third kappa shape index (κ3) is 4.80. The molecule has 0 saturated heterocycles. The van der Waals surface area contributed by atoms with Gasteiger partial charge in [-0.05, 0) is 67.4 Å². The maximum atomic E-state index is 13.1. The van der Waals surface area contributed by atoms with E-state index in [-0.39, 0.29) is 16.3 Å². The van der Waals surface area contributed by atoms with Crippen molar-refractivity contribution >= 4 is 30.9 Å². The van der Waals surface area contributed by atoms with E-state index in [1.54, 1.807) is 48.5 Å². The number of nitrogens with zero attached hydrogens (tertiary/aromatic N) is 1. The van der Waals surface area contributed by atoms with Crippen molar-refractivity contribution in [2.45, 2.75) is 23.1 Å². The summed E-state index contributed by atoms with van der Waals surface area (Å²) in [4.78, 5) is 0.361. The number of hydrogen-bond donors (Lipinski definition) is 1. The van der Waals surface area contributed by atoms with Crippen molar-refractivity contribution in [2.75, 3.05) is 13.7 Å². The molecule has 0 radical (unpaired) electrons. The first kappa shape index (κ1) is 23.0. The van der Waals surface area contributed by atoms with Gasteiger partial charge in [0.2, 0.25) is 10.0 Å². The maximum Gasteiger partial charge on any atom is 0.268 e. The first-order valence-corrected chi connectivity index (χ1v) is 13.2. The molecule has 0 saturated carbocycles. The first-order valence-electron chi connectivity index (χ1n) is 10.3. The van der Waals surface area contributed by atoms with Crippen LogP contribution in [0.5, 0.6) is 5.75 Å². The summed E-state index contributed by atoms with van der Waals surface area (Å²) < 4.78 is 60.2. The topological polar surface area (TPSA) is 94.5 Å². The number of rotatable bonds is 8. The molecule has 33 heavy (non-hydrogen) atoms. The molecule has 0 amide bonds. The summed E-state index contributed by atoms with van der Waals surface area (Å²) in [5, 5.41) is 0.785. The van der Waals surface area contributed by atoms with Crippen molar-refractivity contribution in [1.29, 1.82) is 0 Å². The summed E-state index contributed by atoms with van der Waals surface area (Å²) in [5.41, 5.74) is 2.34. The predicted octanol–water partition coefficient (Wildman–Crippen LogP) is 3.72. The number of hydrogen-bond acceptors (Lipinski definition) is 5. The molecule has 7 nitrogen and oxygen atoms in total. The molecule has 1 aromatic heterocycles. The Morgan fingerprint density at radius 3 is 2.18 bits per heavy atom. The zero-order valence-corrected chi connectivity index (χ0v) is 19.9. The summed E-state index contributed by atoms with van der Waals surface area (Å²) in [5.74, 6) is 0.575. The Morgan fingerprint density at radius 1 is 0.848 bits per heavy atom. The smallest absolute Gasteiger partial charge is 0.268 e. The van der Waals surface area contributed by atoms with Crippen LogP contribution in [0.25, 0.3) is 10.9 Å². The van der Waals surface area contributed by atoms with E-state index in [0.29, 0.717) is 17.7 Å². The fourth-order valence-corrected chi connectivity index (χ4v) is 5.88. The van der Waals surface area contributed by atoms with Crippen LogP contribution in [0.4, 0.5) is 0 Å². The average Bonchev–Trinajstić information content (AvgIpc) is 3.23. The summed E-state index contributed by atoms with van der Waals surface area (Å²) >= 11 is 0. The number of aromatic nitrogens is 1. The fraction of sp³-hybridized carbons (Fsp3) is 0.167. The second-order valence-corrected chi connectivity index (χ2v) is 11.2. The molecule has 0 bridgehead atoms. The molecule has 4 aromatic rings. The molecule has 1 heterocycles. The van der Waals surface area contributed by atoms with Gasteiger partial charge in [0.15, 0.2) is 0 Å². The number of methoxy groups -OCH3 is 1. The highest BCUT2D eigenvalue weighted by Crippen LogP contribution is 2.24. The molecule has 0 unspecified atom stereocenters. The van der Waals surface area contributed by atoms with Crippen LogP contribution in [0.2, 0.25) is 0 Å². The van der Waals surface area contributed by atoms with E-state index in [1.807, 2.05) is 19.1 Å². The Kier molecular flexibility index (Phi) is 6.29. The van der Waals surface area contributed by atoms with E-state index >= 15 is 0 Å². The van der Waals surface area contributed by atoms with Crippen LogP contribution in [-0.2, 0) is 26.5 Å². The van der Waals surface area contributed by atoms with Crippen molar-refractivity contribution in [1.82, 2.24) is 8.69 Å². The zero-order valence-electron chi connectivity index (χ0n) is 18.2. The number of ether oxygens (including phenoxy) is 1. The van der Waals surface area contributed by atoms with Crippen LogP contribution in [-0.4, -0.2) is 34.5 Å². The van der Waals surface area contributed by atoms with Crippen LogP contribution >= 0.6 is 0 Å². The second-order valence-electron chi connectivity index (χ2n) is 7.65. The van der Waals surface area contributed by atoms with Gasteiger partial charge < -0.3 is 4.74 Å². The number of benzene rings is 3. The van der Waals surface area contributed by atoms with Gasteiger partial charge in [0.25, 0.3) is 10.0 Å². The third-order valence-corrected chi connectivity index (χ3v) is 8.56. The van der Waals surface area contributed by atoms with Crippen LogP contribution in [0, 0.1) is 6.92 Å². The molecule has 3 aromatic carbocycles. The van der Waals surface area contributed by atoms with Crippen molar-refractivity contribution in [3.05, 3.63) is 90.1 Å². The number of fused-ring (bicyclic) bond motifs is 1. The maximum absolute atomic E-state index is 13.1. The Labute approximate surface area is 193 Å². The summed E-state index contributed by atoms with van der Waals surface area (Å²) in [6.45, 7) is 2.07. The molecule has 0 spiro atoms. The molecule has 1 N–H and O–H groups in total.